The van der Waals surface area contributed by atoms with Crippen LogP contribution in [0.3, 0.4) is 0 Å². The van der Waals surface area contributed by atoms with E-state index in [1.54, 1.807) is 41.5 Å². The maximum atomic E-state index is 12.2. The van der Waals surface area contributed by atoms with Gasteiger partial charge in [-0.1, -0.05) is 6.92 Å². The van der Waals surface area contributed by atoms with E-state index in [4.69, 9.17) is 19.1 Å². The fourth-order valence-corrected chi connectivity index (χ4v) is 1.41. The molecular formula is C15H30N2O6. The SMILES string of the molecule is CCC(CN(ONC(=O)OC(C)(C)C)C(=O)OC(C)(C)C)OC. The fraction of sp³-hybridized carbons (Fsp3) is 0.867. The van der Waals surface area contributed by atoms with Gasteiger partial charge in [0.2, 0.25) is 0 Å². The highest BCUT2D eigenvalue weighted by atomic mass is 16.9. The van der Waals surface area contributed by atoms with Crippen LogP contribution >= 0.6 is 0 Å². The van der Waals surface area contributed by atoms with Crippen LogP contribution in [0.25, 0.3) is 0 Å². The van der Waals surface area contributed by atoms with E-state index in [2.05, 4.69) is 5.48 Å². The standard InChI is InChI=1S/C15H30N2O6/c1-9-11(20-8)10-17(13(19)22-15(5,6)7)23-16-12(18)21-14(2,3)4/h11H,9-10H2,1-8H3,(H,16,18). The third-order valence-electron chi connectivity index (χ3n) is 2.39. The number of hydroxylamine groups is 3. The number of nitrogens with one attached hydrogen (secondary N) is 1. The summed E-state index contributed by atoms with van der Waals surface area (Å²) >= 11 is 0. The molecule has 0 rings (SSSR count). The first-order valence-corrected chi connectivity index (χ1v) is 7.57. The molecule has 0 saturated carbocycles. The molecular weight excluding hydrogens is 304 g/mol. The van der Waals surface area contributed by atoms with Gasteiger partial charge < -0.3 is 14.2 Å². The number of carbonyl (C=O) groups is 2. The highest BCUT2D eigenvalue weighted by Gasteiger charge is 2.27. The largest absolute Gasteiger partial charge is 0.442 e. The smallest absolute Gasteiger partial charge is 0.436 e. The summed E-state index contributed by atoms with van der Waals surface area (Å²) in [5, 5.41) is 0.896. The van der Waals surface area contributed by atoms with E-state index >= 15 is 0 Å². The summed E-state index contributed by atoms with van der Waals surface area (Å²) < 4.78 is 15.5. The second-order valence-corrected chi connectivity index (χ2v) is 7.00. The number of methoxy groups -OCH3 is 1. The lowest BCUT2D eigenvalue weighted by Gasteiger charge is -2.28. The minimum Gasteiger partial charge on any atom is -0.442 e. The molecule has 0 radical (unpaired) electrons. The topological polar surface area (TPSA) is 86.3 Å². The first-order chi connectivity index (χ1) is 10.4. The van der Waals surface area contributed by atoms with Crippen molar-refractivity contribution in [3.8, 4) is 0 Å². The Morgan fingerprint density at radius 3 is 1.96 bits per heavy atom. The number of hydrogen-bond acceptors (Lipinski definition) is 6. The highest BCUT2D eigenvalue weighted by Crippen LogP contribution is 2.12. The van der Waals surface area contributed by atoms with Crippen molar-refractivity contribution in [1.29, 1.82) is 0 Å². The first-order valence-electron chi connectivity index (χ1n) is 7.57. The van der Waals surface area contributed by atoms with Crippen LogP contribution in [0, 0.1) is 0 Å². The Balaban J connectivity index is 4.78. The molecule has 23 heavy (non-hydrogen) atoms. The normalized spacial score (nSPS) is 13.2. The molecule has 1 unspecified atom stereocenters. The summed E-state index contributed by atoms with van der Waals surface area (Å²) in [6.07, 6.45) is -1.14. The Bertz CT molecular complexity index is 382. The maximum absolute atomic E-state index is 12.2. The van der Waals surface area contributed by atoms with Crippen LogP contribution in [0.15, 0.2) is 0 Å². The summed E-state index contributed by atoms with van der Waals surface area (Å²) in [5.74, 6) is 0. The lowest BCUT2D eigenvalue weighted by molar-refractivity contribution is -0.198. The Hall–Kier alpha value is -1.54. The van der Waals surface area contributed by atoms with Crippen LogP contribution in [0.1, 0.15) is 54.9 Å². The van der Waals surface area contributed by atoms with E-state index in [9.17, 15) is 9.59 Å². The van der Waals surface area contributed by atoms with Crippen molar-refractivity contribution in [1.82, 2.24) is 10.5 Å². The van der Waals surface area contributed by atoms with E-state index in [0.717, 1.165) is 5.06 Å². The number of nitrogens with zero attached hydrogens (tertiary/aromatic N) is 1. The zero-order valence-corrected chi connectivity index (χ0v) is 15.4. The number of rotatable bonds is 6. The monoisotopic (exact) mass is 334 g/mol. The maximum Gasteiger partial charge on any atom is 0.436 e. The van der Waals surface area contributed by atoms with Gasteiger partial charge in [-0.2, -0.15) is 10.5 Å². The van der Waals surface area contributed by atoms with E-state index in [-0.39, 0.29) is 12.6 Å². The van der Waals surface area contributed by atoms with E-state index in [0.29, 0.717) is 6.42 Å². The third-order valence-corrected chi connectivity index (χ3v) is 2.39. The molecule has 0 aromatic heterocycles. The molecule has 0 aromatic carbocycles. The first kappa shape index (κ1) is 21.5. The number of carbonyl (C=O) groups excluding carboxylic acids is 2. The predicted octanol–water partition coefficient (Wildman–Crippen LogP) is 3.02. The minimum absolute atomic E-state index is 0.0950. The van der Waals surface area contributed by atoms with Crippen LogP contribution in [0.5, 0.6) is 0 Å². The van der Waals surface area contributed by atoms with Crippen LogP contribution < -0.4 is 5.48 Å². The highest BCUT2D eigenvalue weighted by molar-refractivity contribution is 5.68. The molecule has 0 spiro atoms. The average molecular weight is 334 g/mol. The molecule has 136 valence electrons. The van der Waals surface area contributed by atoms with Crippen LogP contribution in [-0.2, 0) is 19.1 Å². The van der Waals surface area contributed by atoms with Crippen LogP contribution in [0.4, 0.5) is 9.59 Å². The molecule has 0 bridgehead atoms. The molecule has 0 fully saturated rings. The van der Waals surface area contributed by atoms with Gasteiger partial charge in [0.1, 0.15) is 11.2 Å². The van der Waals surface area contributed by atoms with Crippen molar-refractivity contribution in [2.24, 2.45) is 0 Å². The Kier molecular flexibility index (Phi) is 8.33. The second kappa shape index (κ2) is 8.93. The molecule has 1 N–H and O–H groups in total. The van der Waals surface area contributed by atoms with Crippen molar-refractivity contribution in [2.45, 2.75) is 72.2 Å². The molecule has 0 aliphatic carbocycles. The molecule has 1 atom stereocenters. The van der Waals surface area contributed by atoms with Crippen LogP contribution in [-0.4, -0.2) is 48.2 Å². The molecule has 0 aromatic rings. The van der Waals surface area contributed by atoms with Gasteiger partial charge in [-0.25, -0.2) is 9.59 Å². The van der Waals surface area contributed by atoms with Crippen molar-refractivity contribution >= 4 is 12.2 Å². The van der Waals surface area contributed by atoms with Gasteiger partial charge in [0.15, 0.2) is 0 Å². The lowest BCUT2D eigenvalue weighted by Crippen LogP contribution is -2.46. The van der Waals surface area contributed by atoms with Gasteiger partial charge >= 0.3 is 12.2 Å². The zero-order chi connectivity index (χ0) is 18.3. The van der Waals surface area contributed by atoms with Crippen molar-refractivity contribution in [2.75, 3.05) is 13.7 Å². The number of ether oxygens (including phenoxy) is 3. The van der Waals surface area contributed by atoms with Gasteiger partial charge in [0.25, 0.3) is 0 Å². The van der Waals surface area contributed by atoms with Gasteiger partial charge in [0.05, 0.1) is 12.6 Å². The van der Waals surface area contributed by atoms with Gasteiger partial charge in [-0.15, -0.1) is 4.94 Å². The molecule has 8 nitrogen and oxygen atoms in total. The molecule has 0 aliphatic heterocycles. The Morgan fingerprint density at radius 2 is 1.57 bits per heavy atom. The molecule has 0 heterocycles. The third kappa shape index (κ3) is 10.8. The van der Waals surface area contributed by atoms with E-state index in [1.807, 2.05) is 6.92 Å². The van der Waals surface area contributed by atoms with Gasteiger partial charge in [0, 0.05) is 7.11 Å². The van der Waals surface area contributed by atoms with E-state index < -0.39 is 23.4 Å². The summed E-state index contributed by atoms with van der Waals surface area (Å²) in [6.45, 7) is 12.4. The second-order valence-electron chi connectivity index (χ2n) is 7.00. The Morgan fingerprint density at radius 1 is 1.04 bits per heavy atom. The summed E-state index contributed by atoms with van der Waals surface area (Å²) in [7, 11) is 1.53. The minimum atomic E-state index is -0.809. The molecule has 2 amide bonds. The van der Waals surface area contributed by atoms with Crippen molar-refractivity contribution in [3.05, 3.63) is 0 Å². The summed E-state index contributed by atoms with van der Waals surface area (Å²) in [5.41, 5.74) is 0.695. The molecule has 0 saturated heterocycles. The van der Waals surface area contributed by atoms with Gasteiger partial charge in [-0.3, -0.25) is 0 Å². The van der Waals surface area contributed by atoms with Crippen LogP contribution in [0.2, 0.25) is 0 Å². The molecule has 0 aliphatic rings. The van der Waals surface area contributed by atoms with E-state index in [1.165, 1.54) is 7.11 Å². The average Bonchev–Trinajstić information content (AvgIpc) is 2.34. The summed E-state index contributed by atoms with van der Waals surface area (Å²) in [6, 6.07) is 0. The zero-order valence-electron chi connectivity index (χ0n) is 15.4. The van der Waals surface area contributed by atoms with Crippen molar-refractivity contribution in [3.63, 3.8) is 0 Å². The Labute approximate surface area is 138 Å². The predicted molar refractivity (Wildman–Crippen MR) is 84.5 cm³/mol. The fourth-order valence-electron chi connectivity index (χ4n) is 1.41. The van der Waals surface area contributed by atoms with Gasteiger partial charge in [-0.05, 0) is 48.0 Å². The number of amides is 2. The lowest BCUT2D eigenvalue weighted by atomic mass is 10.2. The summed E-state index contributed by atoms with van der Waals surface area (Å²) in [4.78, 5) is 28.8. The molecule has 8 heteroatoms. The quantitative estimate of drug-likeness (QED) is 0.751. The number of hydrogen-bond donors (Lipinski definition) is 1. The van der Waals surface area contributed by atoms with Crippen molar-refractivity contribution < 1.29 is 28.7 Å².